The third-order valence-electron chi connectivity index (χ3n) is 11.0. The lowest BCUT2D eigenvalue weighted by Gasteiger charge is -2.47. The van der Waals surface area contributed by atoms with Crippen LogP contribution in [0.2, 0.25) is 5.82 Å². The van der Waals surface area contributed by atoms with Gasteiger partial charge < -0.3 is 18.8 Å². The van der Waals surface area contributed by atoms with Gasteiger partial charge in [0.2, 0.25) is 0 Å². The van der Waals surface area contributed by atoms with Crippen molar-refractivity contribution in [3.05, 3.63) is 179 Å². The molecule has 0 amide bonds. The van der Waals surface area contributed by atoms with Crippen molar-refractivity contribution in [2.24, 2.45) is 11.8 Å². The first kappa shape index (κ1) is 30.3. The van der Waals surface area contributed by atoms with Gasteiger partial charge in [0.1, 0.15) is 23.4 Å². The van der Waals surface area contributed by atoms with Gasteiger partial charge in [-0.2, -0.15) is 0 Å². The van der Waals surface area contributed by atoms with Gasteiger partial charge in [-0.3, -0.25) is 0 Å². The lowest BCUT2D eigenvalue weighted by Crippen LogP contribution is -2.56. The van der Waals surface area contributed by atoms with Gasteiger partial charge in [-0.05, 0) is 64.2 Å². The van der Waals surface area contributed by atoms with E-state index in [0.29, 0.717) is 23.6 Å². The number of rotatable bonds is 11. The zero-order chi connectivity index (χ0) is 31.8. The molecule has 2 unspecified atom stereocenters. The Morgan fingerprint density at radius 3 is 1.21 bits per heavy atom. The maximum atomic E-state index is 7.34. The second-order valence-electron chi connectivity index (χ2n) is 13.3. The minimum Gasteiger partial charge on any atom is -0.402 e. The first-order valence-electron chi connectivity index (χ1n) is 16.9. The Kier molecular flexibility index (Phi) is 8.11. The predicted octanol–water partition coefficient (Wildman–Crippen LogP) is 8.63. The second-order valence-corrected chi connectivity index (χ2v) is 13.3. The van der Waals surface area contributed by atoms with Gasteiger partial charge in [-0.1, -0.05) is 152 Å². The second kappa shape index (κ2) is 12.6. The highest BCUT2D eigenvalue weighted by atomic mass is 16.7. The van der Waals surface area contributed by atoms with Crippen molar-refractivity contribution in [3.63, 3.8) is 0 Å². The molecule has 5 aromatic rings. The summed E-state index contributed by atoms with van der Waals surface area (Å²) in [6, 6.07) is 52.8. The largest absolute Gasteiger partial charge is 0.461 e. The zero-order valence-corrected chi connectivity index (χ0v) is 27.0. The Labute approximate surface area is 278 Å². The van der Waals surface area contributed by atoms with Crippen LogP contribution < -0.4 is 0 Å². The molecule has 6 atom stereocenters. The molecule has 0 spiro atoms. The number of hydrogen-bond donors (Lipinski definition) is 0. The van der Waals surface area contributed by atoms with Gasteiger partial charge >= 0.3 is 7.12 Å². The summed E-state index contributed by atoms with van der Waals surface area (Å²) in [5, 5.41) is 0. The first-order valence-corrected chi connectivity index (χ1v) is 16.9. The molecule has 236 valence electrons. The van der Waals surface area contributed by atoms with Gasteiger partial charge in [0.15, 0.2) is 0 Å². The summed E-state index contributed by atoms with van der Waals surface area (Å²) in [6.07, 6.45) is 1.24. The molecule has 5 aromatic carbocycles. The third-order valence-corrected chi connectivity index (χ3v) is 11.0. The third kappa shape index (κ3) is 5.17. The standard InChI is InChI=1S/C42H41BO4/c1-44-41(31-20-10-4-11-21-31,32-22-12-5-13-23-32)39-40(42(45-2,33-24-14-6-15-25-33)34-26-16-7-17-27-34)47-43(46-39)38-29-37(38)36-28-35(36)30-18-8-3-9-19-30/h3-27,35-40H,28-29H2,1-2H3/t35?,36?,37-,38+,39+,40+/m0/s1. The average Bonchev–Trinajstić information content (AvgIpc) is 4.08. The smallest absolute Gasteiger partial charge is 0.402 e. The maximum absolute atomic E-state index is 7.34. The van der Waals surface area contributed by atoms with Gasteiger partial charge in [0, 0.05) is 14.2 Å². The van der Waals surface area contributed by atoms with E-state index in [9.17, 15) is 0 Å². The highest BCUT2D eigenvalue weighted by Crippen LogP contribution is 2.67. The van der Waals surface area contributed by atoms with E-state index in [2.05, 4.69) is 127 Å². The van der Waals surface area contributed by atoms with Crippen LogP contribution in [0.5, 0.6) is 0 Å². The molecule has 1 saturated heterocycles. The summed E-state index contributed by atoms with van der Waals surface area (Å²) in [4.78, 5) is 0. The topological polar surface area (TPSA) is 36.9 Å². The van der Waals surface area contributed by atoms with Crippen LogP contribution in [0.25, 0.3) is 0 Å². The molecule has 0 N–H and O–H groups in total. The van der Waals surface area contributed by atoms with E-state index in [1.807, 2.05) is 24.3 Å². The van der Waals surface area contributed by atoms with E-state index in [-0.39, 0.29) is 0 Å². The normalized spacial score (nSPS) is 25.4. The van der Waals surface area contributed by atoms with Crippen LogP contribution in [0.15, 0.2) is 152 Å². The fourth-order valence-electron chi connectivity index (χ4n) is 8.53. The number of ether oxygens (including phenoxy) is 2. The van der Waals surface area contributed by atoms with Crippen molar-refractivity contribution < 1.29 is 18.8 Å². The molecule has 1 heterocycles. The van der Waals surface area contributed by atoms with Gasteiger partial charge in [-0.25, -0.2) is 0 Å². The maximum Gasteiger partial charge on any atom is 0.461 e. The number of benzene rings is 5. The minimum absolute atomic E-state index is 0.309. The van der Waals surface area contributed by atoms with E-state index >= 15 is 0 Å². The lowest BCUT2D eigenvalue weighted by molar-refractivity contribution is -0.136. The molecule has 0 radical (unpaired) electrons. The Bertz CT molecular complexity index is 1570. The predicted molar refractivity (Wildman–Crippen MR) is 186 cm³/mol. The average molecular weight is 621 g/mol. The van der Waals surface area contributed by atoms with Crippen LogP contribution in [0, 0.1) is 11.8 Å². The highest BCUT2D eigenvalue weighted by molar-refractivity contribution is 6.48. The summed E-state index contributed by atoms with van der Waals surface area (Å²) >= 11 is 0. The van der Waals surface area contributed by atoms with Crippen LogP contribution in [0.3, 0.4) is 0 Å². The molecule has 0 aromatic heterocycles. The minimum atomic E-state index is -0.980. The van der Waals surface area contributed by atoms with Gasteiger partial charge in [0.25, 0.3) is 0 Å². The zero-order valence-electron chi connectivity index (χ0n) is 27.0. The molecule has 2 saturated carbocycles. The summed E-state index contributed by atoms with van der Waals surface area (Å²) < 4.78 is 28.2. The summed E-state index contributed by atoms with van der Waals surface area (Å²) in [7, 11) is 3.19. The fraction of sp³-hybridized carbons (Fsp3) is 0.286. The molecule has 4 nitrogen and oxygen atoms in total. The van der Waals surface area contributed by atoms with E-state index in [4.69, 9.17) is 18.8 Å². The van der Waals surface area contributed by atoms with Gasteiger partial charge in [0.05, 0.1) is 0 Å². The van der Waals surface area contributed by atoms with E-state index in [1.54, 1.807) is 14.2 Å². The van der Waals surface area contributed by atoms with E-state index < -0.39 is 30.5 Å². The number of methoxy groups -OCH3 is 2. The van der Waals surface area contributed by atoms with Crippen LogP contribution in [0.1, 0.15) is 46.6 Å². The molecular weight excluding hydrogens is 579 g/mol. The van der Waals surface area contributed by atoms with E-state index in [0.717, 1.165) is 28.7 Å². The molecule has 1 aliphatic heterocycles. The molecule has 2 aliphatic carbocycles. The Hall–Kier alpha value is -4.00. The summed E-state index contributed by atoms with van der Waals surface area (Å²) in [6.45, 7) is 0. The van der Waals surface area contributed by atoms with Crippen molar-refractivity contribution in [1.29, 1.82) is 0 Å². The Morgan fingerprint density at radius 1 is 0.489 bits per heavy atom. The quantitative estimate of drug-likeness (QED) is 0.139. The molecule has 3 aliphatic rings. The molecule has 47 heavy (non-hydrogen) atoms. The van der Waals surface area contributed by atoms with Crippen LogP contribution in [0.4, 0.5) is 0 Å². The van der Waals surface area contributed by atoms with Crippen molar-refractivity contribution >= 4 is 7.12 Å². The monoisotopic (exact) mass is 620 g/mol. The van der Waals surface area contributed by atoms with Crippen LogP contribution in [-0.2, 0) is 30.0 Å². The van der Waals surface area contributed by atoms with E-state index in [1.165, 1.54) is 12.0 Å². The lowest BCUT2D eigenvalue weighted by atomic mass is 9.71. The van der Waals surface area contributed by atoms with Crippen LogP contribution >= 0.6 is 0 Å². The molecule has 5 heteroatoms. The Morgan fingerprint density at radius 2 is 0.851 bits per heavy atom. The summed E-state index contributed by atoms with van der Waals surface area (Å²) in [5.41, 5.74) is 3.54. The highest BCUT2D eigenvalue weighted by Gasteiger charge is 2.67. The van der Waals surface area contributed by atoms with Crippen molar-refractivity contribution in [3.8, 4) is 0 Å². The molecule has 3 fully saturated rings. The molecular formula is C42H41BO4. The fourth-order valence-corrected chi connectivity index (χ4v) is 8.53. The van der Waals surface area contributed by atoms with Crippen molar-refractivity contribution in [1.82, 2.24) is 0 Å². The Balaban J connectivity index is 1.26. The molecule has 0 bridgehead atoms. The summed E-state index contributed by atoms with van der Waals surface area (Å²) in [5.74, 6) is 2.17. The number of hydrogen-bond acceptors (Lipinski definition) is 4. The van der Waals surface area contributed by atoms with Crippen molar-refractivity contribution in [2.45, 2.75) is 48.0 Å². The van der Waals surface area contributed by atoms with Crippen molar-refractivity contribution in [2.75, 3.05) is 14.2 Å². The van der Waals surface area contributed by atoms with Gasteiger partial charge in [-0.15, -0.1) is 0 Å². The van der Waals surface area contributed by atoms with Crippen LogP contribution in [-0.4, -0.2) is 33.5 Å². The SMILES string of the molecule is COC(c1ccccc1)(c1ccccc1)[C@@H]1OB([C@@H]2C[C@H]2C2CC2c2ccccc2)O[C@H]1C(OC)(c1ccccc1)c1ccccc1. The molecule has 8 rings (SSSR count). The first-order chi connectivity index (χ1) is 23.2.